The molecule has 1 rings (SSSR count). The zero-order valence-electron chi connectivity index (χ0n) is 12.1. The van der Waals surface area contributed by atoms with Crippen LogP contribution in [0.5, 0.6) is 0 Å². The second-order valence-corrected chi connectivity index (χ2v) is 5.85. The van der Waals surface area contributed by atoms with Gasteiger partial charge in [0.1, 0.15) is 0 Å². The molecule has 0 bridgehead atoms. The molecule has 0 aromatic carbocycles. The molecule has 0 spiro atoms. The van der Waals surface area contributed by atoms with Gasteiger partial charge in [0.25, 0.3) is 0 Å². The highest BCUT2D eigenvalue weighted by atomic mass is 16.4. The van der Waals surface area contributed by atoms with Crippen LogP contribution in [0.25, 0.3) is 0 Å². The molecule has 1 amide bonds. The third kappa shape index (κ3) is 5.59. The maximum Gasteiger partial charge on any atom is 0.306 e. The number of aliphatic carboxylic acids is 1. The Bertz CT molecular complexity index is 310. The van der Waals surface area contributed by atoms with Crippen LogP contribution in [0.15, 0.2) is 0 Å². The van der Waals surface area contributed by atoms with Crippen molar-refractivity contribution in [1.82, 2.24) is 10.6 Å². The Balaban J connectivity index is 2.23. The smallest absolute Gasteiger partial charge is 0.306 e. The monoisotopic (exact) mass is 270 g/mol. The van der Waals surface area contributed by atoms with Crippen molar-refractivity contribution in [3.8, 4) is 0 Å². The molecule has 0 aliphatic heterocycles. The third-order valence-corrected chi connectivity index (χ3v) is 3.73. The Labute approximate surface area is 115 Å². The number of rotatable bonds is 6. The minimum absolute atomic E-state index is 0.0224. The van der Waals surface area contributed by atoms with Gasteiger partial charge in [-0.3, -0.25) is 9.59 Å². The molecule has 1 aliphatic rings. The first-order chi connectivity index (χ1) is 8.90. The Morgan fingerprint density at radius 3 is 2.21 bits per heavy atom. The number of hydrogen-bond donors (Lipinski definition) is 3. The summed E-state index contributed by atoms with van der Waals surface area (Å²) in [6, 6.07) is -0.0395. The molecule has 0 radical (unpaired) electrons. The predicted molar refractivity (Wildman–Crippen MR) is 73.8 cm³/mol. The van der Waals surface area contributed by atoms with E-state index in [0.29, 0.717) is 5.92 Å². The summed E-state index contributed by atoms with van der Waals surface area (Å²) < 4.78 is 0. The molecule has 3 N–H and O–H groups in total. The van der Waals surface area contributed by atoms with Crippen LogP contribution in [-0.2, 0) is 9.59 Å². The molecule has 0 saturated heterocycles. The second-order valence-electron chi connectivity index (χ2n) is 5.85. The minimum Gasteiger partial charge on any atom is -0.481 e. The first-order valence-electron chi connectivity index (χ1n) is 7.16. The van der Waals surface area contributed by atoms with E-state index >= 15 is 0 Å². The molecule has 5 nitrogen and oxygen atoms in total. The van der Waals surface area contributed by atoms with E-state index in [1.54, 1.807) is 0 Å². The summed E-state index contributed by atoms with van der Waals surface area (Å²) in [5, 5.41) is 15.0. The molecule has 110 valence electrons. The van der Waals surface area contributed by atoms with Gasteiger partial charge in [0.2, 0.25) is 5.91 Å². The van der Waals surface area contributed by atoms with Crippen molar-refractivity contribution in [3.63, 3.8) is 0 Å². The number of carboxylic acids is 1. The molecule has 1 atom stereocenters. The lowest BCUT2D eigenvalue weighted by molar-refractivity contribution is -0.143. The van der Waals surface area contributed by atoms with Crippen molar-refractivity contribution in [3.05, 3.63) is 0 Å². The van der Waals surface area contributed by atoms with Gasteiger partial charge in [-0.1, -0.05) is 0 Å². The van der Waals surface area contributed by atoms with E-state index in [4.69, 9.17) is 5.11 Å². The summed E-state index contributed by atoms with van der Waals surface area (Å²) in [6.45, 7) is 6.54. The van der Waals surface area contributed by atoms with Crippen LogP contribution in [0.4, 0.5) is 0 Å². The molecule has 1 fully saturated rings. The van der Waals surface area contributed by atoms with Crippen LogP contribution < -0.4 is 10.6 Å². The lowest BCUT2D eigenvalue weighted by Gasteiger charge is -2.27. The average Bonchev–Trinajstić information content (AvgIpc) is 2.35. The fourth-order valence-electron chi connectivity index (χ4n) is 2.46. The standard InChI is InChI=1S/C14H26N2O3/c1-9(2)16-13(17)10(3)15-8-11-4-6-12(7-5-11)14(18)19/h9-12,15H,4-8H2,1-3H3,(H,16,17)(H,18,19). The number of carboxylic acid groups (broad SMARTS) is 1. The quantitative estimate of drug-likeness (QED) is 0.681. The molecule has 5 heteroatoms. The Hall–Kier alpha value is -1.10. The largest absolute Gasteiger partial charge is 0.481 e. The van der Waals surface area contributed by atoms with E-state index in [2.05, 4.69) is 10.6 Å². The SMILES string of the molecule is CC(C)NC(=O)C(C)NCC1CCC(C(=O)O)CC1. The summed E-state index contributed by atoms with van der Waals surface area (Å²) >= 11 is 0. The van der Waals surface area contributed by atoms with Gasteiger partial charge >= 0.3 is 5.97 Å². The van der Waals surface area contributed by atoms with Crippen LogP contribution in [0, 0.1) is 11.8 Å². The minimum atomic E-state index is -0.670. The Morgan fingerprint density at radius 2 is 1.74 bits per heavy atom. The van der Waals surface area contributed by atoms with Gasteiger partial charge < -0.3 is 15.7 Å². The van der Waals surface area contributed by atoms with Crippen LogP contribution in [-0.4, -0.2) is 35.6 Å². The normalized spacial score (nSPS) is 25.1. The van der Waals surface area contributed by atoms with Crippen LogP contribution in [0.2, 0.25) is 0 Å². The first kappa shape index (κ1) is 16.0. The summed E-state index contributed by atoms with van der Waals surface area (Å²) in [7, 11) is 0. The lowest BCUT2D eigenvalue weighted by atomic mass is 9.82. The third-order valence-electron chi connectivity index (χ3n) is 3.73. The summed E-state index contributed by atoms with van der Waals surface area (Å²) in [5.74, 6) is -0.326. The van der Waals surface area contributed by atoms with E-state index in [1.165, 1.54) is 0 Å². The zero-order chi connectivity index (χ0) is 14.4. The molecule has 1 unspecified atom stereocenters. The van der Waals surface area contributed by atoms with Gasteiger partial charge in [-0.2, -0.15) is 0 Å². The van der Waals surface area contributed by atoms with Gasteiger partial charge in [-0.05, 0) is 58.9 Å². The Morgan fingerprint density at radius 1 is 1.16 bits per heavy atom. The van der Waals surface area contributed by atoms with E-state index in [-0.39, 0.29) is 23.9 Å². The Kier molecular flexibility index (Phi) is 6.28. The molecule has 1 aliphatic carbocycles. The number of carbonyl (C=O) groups excluding carboxylic acids is 1. The van der Waals surface area contributed by atoms with Gasteiger partial charge in [0, 0.05) is 6.04 Å². The lowest BCUT2D eigenvalue weighted by Crippen LogP contribution is -2.46. The number of hydrogen-bond acceptors (Lipinski definition) is 3. The van der Waals surface area contributed by atoms with Crippen molar-refractivity contribution >= 4 is 11.9 Å². The number of carbonyl (C=O) groups is 2. The zero-order valence-corrected chi connectivity index (χ0v) is 12.1. The summed E-state index contributed by atoms with van der Waals surface area (Å²) in [4.78, 5) is 22.6. The fraction of sp³-hybridized carbons (Fsp3) is 0.857. The van der Waals surface area contributed by atoms with Crippen molar-refractivity contribution in [2.45, 2.75) is 58.5 Å². The van der Waals surface area contributed by atoms with E-state index < -0.39 is 5.97 Å². The van der Waals surface area contributed by atoms with Gasteiger partial charge in [-0.25, -0.2) is 0 Å². The summed E-state index contributed by atoms with van der Waals surface area (Å²) in [6.07, 6.45) is 3.38. The van der Waals surface area contributed by atoms with Crippen molar-refractivity contribution in [2.24, 2.45) is 11.8 Å². The number of amides is 1. The highest BCUT2D eigenvalue weighted by molar-refractivity contribution is 5.81. The first-order valence-corrected chi connectivity index (χ1v) is 7.16. The second kappa shape index (κ2) is 7.48. The van der Waals surface area contributed by atoms with Crippen LogP contribution in [0.3, 0.4) is 0 Å². The van der Waals surface area contributed by atoms with Crippen molar-refractivity contribution in [1.29, 1.82) is 0 Å². The van der Waals surface area contributed by atoms with E-state index in [9.17, 15) is 9.59 Å². The highest BCUT2D eigenvalue weighted by Crippen LogP contribution is 2.28. The van der Waals surface area contributed by atoms with Gasteiger partial charge in [0.05, 0.1) is 12.0 Å². The highest BCUT2D eigenvalue weighted by Gasteiger charge is 2.26. The molecule has 0 heterocycles. The van der Waals surface area contributed by atoms with E-state index in [1.807, 2.05) is 20.8 Å². The summed E-state index contributed by atoms with van der Waals surface area (Å²) in [5.41, 5.74) is 0. The average molecular weight is 270 g/mol. The van der Waals surface area contributed by atoms with Crippen LogP contribution >= 0.6 is 0 Å². The van der Waals surface area contributed by atoms with Crippen LogP contribution in [0.1, 0.15) is 46.5 Å². The molecular weight excluding hydrogens is 244 g/mol. The van der Waals surface area contributed by atoms with Crippen molar-refractivity contribution in [2.75, 3.05) is 6.54 Å². The van der Waals surface area contributed by atoms with Gasteiger partial charge in [-0.15, -0.1) is 0 Å². The topological polar surface area (TPSA) is 78.4 Å². The fourth-order valence-corrected chi connectivity index (χ4v) is 2.46. The molecular formula is C14H26N2O3. The molecule has 1 saturated carbocycles. The maximum absolute atomic E-state index is 11.7. The van der Waals surface area contributed by atoms with Gasteiger partial charge in [0.15, 0.2) is 0 Å². The molecule has 19 heavy (non-hydrogen) atoms. The number of nitrogens with one attached hydrogen (secondary N) is 2. The predicted octanol–water partition coefficient (Wildman–Crippen LogP) is 1.38. The maximum atomic E-state index is 11.7. The molecule has 0 aromatic heterocycles. The van der Waals surface area contributed by atoms with E-state index in [0.717, 1.165) is 32.2 Å². The molecule has 0 aromatic rings. The van der Waals surface area contributed by atoms with Crippen molar-refractivity contribution < 1.29 is 14.7 Å².